The smallest absolute Gasteiger partial charge is 0.387 e. The van der Waals surface area contributed by atoms with E-state index in [9.17, 15) is 18.0 Å². The molecule has 0 aromatic heterocycles. The van der Waals surface area contributed by atoms with Gasteiger partial charge >= 0.3 is 12.6 Å². The van der Waals surface area contributed by atoms with E-state index in [-0.39, 0.29) is 30.3 Å². The Morgan fingerprint density at radius 3 is 2.55 bits per heavy atom. The monoisotopic (exact) mass is 313 g/mol. The summed E-state index contributed by atoms with van der Waals surface area (Å²) in [5, 5.41) is 0. The first kappa shape index (κ1) is 18.5. The maximum Gasteiger partial charge on any atom is 0.387 e. The van der Waals surface area contributed by atoms with Crippen LogP contribution in [-0.4, -0.2) is 25.4 Å². The number of hydrogen-bond acceptors (Lipinski definition) is 4. The predicted molar refractivity (Wildman–Crippen MR) is 68.8 cm³/mol. The molecule has 20 heavy (non-hydrogen) atoms. The summed E-state index contributed by atoms with van der Waals surface area (Å²) < 4.78 is 46.4. The van der Waals surface area contributed by atoms with Crippen molar-refractivity contribution in [1.82, 2.24) is 0 Å². The van der Waals surface area contributed by atoms with Gasteiger partial charge in [0, 0.05) is 0 Å². The number of halogens is 4. The number of carbonyl (C=O) groups excluding carboxylic acids is 1. The van der Waals surface area contributed by atoms with Crippen molar-refractivity contribution in [2.45, 2.75) is 25.7 Å². The normalized spacial score (nSPS) is 13.3. The molecule has 0 aliphatic heterocycles. The molecule has 1 rings (SSSR count). The average molecular weight is 314 g/mol. The van der Waals surface area contributed by atoms with Crippen molar-refractivity contribution in [2.75, 3.05) is 6.61 Å². The fourth-order valence-electron chi connectivity index (χ4n) is 1.44. The van der Waals surface area contributed by atoms with E-state index >= 15 is 0 Å². The van der Waals surface area contributed by atoms with Gasteiger partial charge < -0.3 is 15.2 Å². The summed E-state index contributed by atoms with van der Waals surface area (Å²) >= 11 is 0. The lowest BCUT2D eigenvalue weighted by Crippen LogP contribution is -2.31. The van der Waals surface area contributed by atoms with Gasteiger partial charge in [-0.15, -0.1) is 12.4 Å². The molecule has 2 atom stereocenters. The second kappa shape index (κ2) is 8.65. The number of nitrogens with two attached hydrogens (primary N) is 1. The van der Waals surface area contributed by atoms with Gasteiger partial charge in [-0.1, -0.05) is 12.1 Å². The van der Waals surface area contributed by atoms with Crippen LogP contribution in [0, 0.1) is 0 Å². The fourth-order valence-corrected chi connectivity index (χ4v) is 1.44. The molecule has 0 fully saturated rings. The van der Waals surface area contributed by atoms with Crippen LogP contribution in [-0.2, 0) is 9.53 Å². The molecule has 0 saturated heterocycles. The first-order chi connectivity index (χ1) is 8.95. The van der Waals surface area contributed by atoms with E-state index in [2.05, 4.69) is 9.47 Å². The van der Waals surface area contributed by atoms with Gasteiger partial charge in [0.05, 0.1) is 12.6 Å². The molecule has 2 N–H and O–H groups in total. The van der Waals surface area contributed by atoms with Crippen molar-refractivity contribution in [3.63, 3.8) is 0 Å². The Kier molecular flexibility index (Phi) is 8.02. The van der Waals surface area contributed by atoms with Crippen molar-refractivity contribution in [3.05, 3.63) is 29.8 Å². The van der Waals surface area contributed by atoms with Crippen LogP contribution >= 0.6 is 12.4 Å². The van der Waals surface area contributed by atoms with Crippen LogP contribution in [0.15, 0.2) is 24.3 Å². The average Bonchev–Trinajstić information content (AvgIpc) is 2.36. The van der Waals surface area contributed by atoms with Crippen molar-refractivity contribution >= 4 is 18.4 Å². The molecule has 0 spiro atoms. The molecule has 0 aliphatic carbocycles. The van der Waals surface area contributed by atoms with Crippen LogP contribution in [0.1, 0.15) is 18.5 Å². The lowest BCUT2D eigenvalue weighted by Gasteiger charge is -2.16. The summed E-state index contributed by atoms with van der Waals surface area (Å²) in [6.45, 7) is -1.42. The summed E-state index contributed by atoms with van der Waals surface area (Å²) in [6, 6.07) is 3.92. The number of benzene rings is 1. The molecule has 0 heterocycles. The highest BCUT2D eigenvalue weighted by molar-refractivity contribution is 5.85. The quantitative estimate of drug-likeness (QED) is 0.820. The maximum atomic E-state index is 13.7. The third-order valence-corrected chi connectivity index (χ3v) is 2.30. The van der Waals surface area contributed by atoms with Crippen molar-refractivity contribution < 1.29 is 27.4 Å². The number of carbonyl (C=O) groups is 1. The van der Waals surface area contributed by atoms with Gasteiger partial charge in [0.1, 0.15) is 5.75 Å². The number of ether oxygens (including phenoxy) is 2. The first-order valence-corrected chi connectivity index (χ1v) is 5.56. The molecule has 0 aliphatic rings. The Morgan fingerprint density at radius 1 is 1.35 bits per heavy atom. The van der Waals surface area contributed by atoms with E-state index in [0.29, 0.717) is 0 Å². The van der Waals surface area contributed by atoms with E-state index in [4.69, 9.17) is 5.73 Å². The van der Waals surface area contributed by atoms with E-state index < -0.39 is 24.8 Å². The standard InChI is InChI=1S/C12H14F3NO3.ClH/c1-2-18-11(17)9(13)10(16)7-4-3-5-8(6-7)19-12(14)15;/h3-6,9-10,12H,2,16H2,1H3;1H/t9?,10-;/m0./s1. The van der Waals surface area contributed by atoms with Crippen LogP contribution < -0.4 is 10.5 Å². The zero-order valence-corrected chi connectivity index (χ0v) is 11.4. The SMILES string of the molecule is CCOC(=O)C(F)[C@@H](N)c1cccc(OC(F)F)c1.Cl. The minimum atomic E-state index is -2.99. The molecule has 1 unspecified atom stereocenters. The van der Waals surface area contributed by atoms with Crippen LogP contribution in [0.4, 0.5) is 13.2 Å². The highest BCUT2D eigenvalue weighted by atomic mass is 35.5. The van der Waals surface area contributed by atoms with E-state index in [1.54, 1.807) is 0 Å². The largest absolute Gasteiger partial charge is 0.464 e. The van der Waals surface area contributed by atoms with Gasteiger partial charge in [-0.2, -0.15) is 8.78 Å². The zero-order chi connectivity index (χ0) is 14.4. The van der Waals surface area contributed by atoms with Crippen LogP contribution in [0.25, 0.3) is 0 Å². The predicted octanol–water partition coefficient (Wildman–Crippen LogP) is 2.61. The Morgan fingerprint density at radius 2 is 2.00 bits per heavy atom. The third kappa shape index (κ3) is 5.26. The molecule has 0 amide bonds. The molecule has 1 aromatic carbocycles. The van der Waals surface area contributed by atoms with Gasteiger partial charge in [-0.05, 0) is 24.6 Å². The van der Waals surface area contributed by atoms with Gasteiger partial charge in [-0.3, -0.25) is 0 Å². The molecular weight excluding hydrogens is 299 g/mol. The van der Waals surface area contributed by atoms with Gasteiger partial charge in [-0.25, -0.2) is 9.18 Å². The van der Waals surface area contributed by atoms with Crippen LogP contribution in [0.5, 0.6) is 5.75 Å². The summed E-state index contributed by atoms with van der Waals surface area (Å²) in [4.78, 5) is 11.2. The first-order valence-electron chi connectivity index (χ1n) is 5.56. The van der Waals surface area contributed by atoms with E-state index in [1.807, 2.05) is 0 Å². The Labute approximate surface area is 120 Å². The zero-order valence-electron chi connectivity index (χ0n) is 10.6. The Hall–Kier alpha value is -1.47. The lowest BCUT2D eigenvalue weighted by atomic mass is 10.0. The summed E-state index contributed by atoms with van der Waals surface area (Å²) in [6.07, 6.45) is -2.07. The lowest BCUT2D eigenvalue weighted by molar-refractivity contribution is -0.149. The number of hydrogen-bond donors (Lipinski definition) is 1. The molecular formula is C12H15ClF3NO3. The number of rotatable bonds is 6. The Balaban J connectivity index is 0.00000361. The summed E-state index contributed by atoms with van der Waals surface area (Å²) in [5.41, 5.74) is 5.72. The van der Waals surface area contributed by atoms with Gasteiger partial charge in [0.2, 0.25) is 6.17 Å². The maximum absolute atomic E-state index is 13.7. The molecule has 0 bridgehead atoms. The minimum Gasteiger partial charge on any atom is -0.464 e. The second-order valence-electron chi connectivity index (χ2n) is 3.63. The second-order valence-corrected chi connectivity index (χ2v) is 3.63. The third-order valence-electron chi connectivity index (χ3n) is 2.30. The van der Waals surface area contributed by atoms with Gasteiger partial charge in [0.15, 0.2) is 0 Å². The van der Waals surface area contributed by atoms with E-state index in [0.717, 1.165) is 6.07 Å². The molecule has 0 radical (unpaired) electrons. The van der Waals surface area contributed by atoms with Crippen LogP contribution in [0.2, 0.25) is 0 Å². The number of alkyl halides is 3. The summed E-state index contributed by atoms with van der Waals surface area (Å²) in [5.74, 6) is -1.24. The highest BCUT2D eigenvalue weighted by Crippen LogP contribution is 2.23. The molecule has 8 heteroatoms. The van der Waals surface area contributed by atoms with Crippen molar-refractivity contribution in [1.29, 1.82) is 0 Å². The molecule has 1 aromatic rings. The van der Waals surface area contributed by atoms with Crippen LogP contribution in [0.3, 0.4) is 0 Å². The Bertz CT molecular complexity index is 434. The summed E-state index contributed by atoms with van der Waals surface area (Å²) in [7, 11) is 0. The van der Waals surface area contributed by atoms with Crippen molar-refractivity contribution in [3.8, 4) is 5.75 Å². The number of esters is 1. The van der Waals surface area contributed by atoms with Crippen molar-refractivity contribution in [2.24, 2.45) is 5.73 Å². The van der Waals surface area contributed by atoms with E-state index in [1.165, 1.54) is 25.1 Å². The van der Waals surface area contributed by atoms with Gasteiger partial charge in [0.25, 0.3) is 0 Å². The minimum absolute atomic E-state index is 0. The highest BCUT2D eigenvalue weighted by Gasteiger charge is 2.28. The topological polar surface area (TPSA) is 61.5 Å². The molecule has 4 nitrogen and oxygen atoms in total. The molecule has 0 saturated carbocycles. The fraction of sp³-hybridized carbons (Fsp3) is 0.417. The molecule has 114 valence electrons.